The summed E-state index contributed by atoms with van der Waals surface area (Å²) in [5.74, 6) is -1.35. The molecule has 0 aliphatic heterocycles. The molecule has 0 bridgehead atoms. The van der Waals surface area contributed by atoms with Gasteiger partial charge in [-0.1, -0.05) is 13.8 Å². The molecule has 0 aromatic heterocycles. The molecule has 3 nitrogen and oxygen atoms in total. The Kier molecular flexibility index (Phi) is 7.52. The van der Waals surface area contributed by atoms with Crippen LogP contribution in [-0.2, 0) is 4.79 Å². The van der Waals surface area contributed by atoms with Gasteiger partial charge in [-0.05, 0) is 5.92 Å². The molecule has 0 aliphatic carbocycles. The predicted octanol–water partition coefficient (Wildman–Crippen LogP) is -0.293. The fourth-order valence-electron chi connectivity index (χ4n) is 0.285. The fraction of sp³-hybridized carbons (Fsp3) is 0.800. The van der Waals surface area contributed by atoms with Gasteiger partial charge in [-0.2, -0.15) is 0 Å². The molecule has 0 aliphatic rings. The molecule has 0 heterocycles. The van der Waals surface area contributed by atoms with Crippen molar-refractivity contribution in [3.63, 3.8) is 0 Å². The number of aliphatic hydroxyl groups excluding tert-OH is 1. The van der Waals surface area contributed by atoms with Crippen LogP contribution in [0.25, 0.3) is 0 Å². The summed E-state index contributed by atoms with van der Waals surface area (Å²) in [5.41, 5.74) is 0. The van der Waals surface area contributed by atoms with Crippen molar-refractivity contribution in [2.75, 3.05) is 0 Å². The molecule has 4 heteroatoms. The minimum absolute atomic E-state index is 0. The monoisotopic (exact) mass is 158 g/mol. The van der Waals surface area contributed by atoms with E-state index in [4.69, 9.17) is 10.2 Å². The maximum Gasteiger partial charge on any atom is 2.00 e. The first kappa shape index (κ1) is 12.4. The number of hydrogen-bond donors (Lipinski definition) is 2. The van der Waals surface area contributed by atoms with E-state index in [1.54, 1.807) is 13.8 Å². The number of carbonyl (C=O) groups is 1. The van der Waals surface area contributed by atoms with Crippen LogP contribution in [0.2, 0.25) is 0 Å². The van der Waals surface area contributed by atoms with Gasteiger partial charge >= 0.3 is 43.7 Å². The number of hydrogen-bond acceptors (Lipinski definition) is 2. The van der Waals surface area contributed by atoms with Crippen LogP contribution < -0.4 is 0 Å². The van der Waals surface area contributed by atoms with E-state index in [1.165, 1.54) is 0 Å². The predicted molar refractivity (Wildman–Crippen MR) is 34.2 cm³/mol. The summed E-state index contributed by atoms with van der Waals surface area (Å²) in [6.45, 7) is 3.30. The summed E-state index contributed by atoms with van der Waals surface area (Å²) in [6, 6.07) is 0. The van der Waals surface area contributed by atoms with E-state index in [0.29, 0.717) is 0 Å². The summed E-state index contributed by atoms with van der Waals surface area (Å²) in [5, 5.41) is 16.7. The summed E-state index contributed by atoms with van der Waals surface area (Å²) in [7, 11) is 0. The summed E-state index contributed by atoms with van der Waals surface area (Å²) in [6.07, 6.45) is -1.21. The van der Waals surface area contributed by atoms with Crippen LogP contribution in [0.15, 0.2) is 0 Å². The molecule has 0 radical (unpaired) electrons. The van der Waals surface area contributed by atoms with Crippen LogP contribution in [0.3, 0.4) is 0 Å². The van der Waals surface area contributed by atoms with Gasteiger partial charge in [-0.25, -0.2) is 4.79 Å². The zero-order chi connectivity index (χ0) is 6.73. The minimum atomic E-state index is -1.21. The van der Waals surface area contributed by atoms with Crippen LogP contribution >= 0.6 is 0 Å². The molecule has 48 valence electrons. The maximum absolute atomic E-state index is 9.89. The number of rotatable bonds is 2. The van der Waals surface area contributed by atoms with Crippen LogP contribution in [0.4, 0.5) is 0 Å². The number of carboxylic acid groups (broad SMARTS) is 1. The van der Waals surface area contributed by atoms with Gasteiger partial charge in [0.05, 0.1) is 0 Å². The Morgan fingerprint density at radius 2 is 1.78 bits per heavy atom. The van der Waals surface area contributed by atoms with Gasteiger partial charge < -0.3 is 10.2 Å². The molecule has 0 spiro atoms. The molecule has 0 rings (SSSR count). The molecule has 0 fully saturated rings. The number of aliphatic hydroxyl groups is 1. The van der Waals surface area contributed by atoms with Crippen molar-refractivity contribution < 1.29 is 15.0 Å². The topological polar surface area (TPSA) is 57.5 Å². The van der Waals surface area contributed by atoms with Gasteiger partial charge in [0.25, 0.3) is 0 Å². The Balaban J connectivity index is 0. The standard InChI is InChI=1S/C5H10O3.Ca/c1-3(2)4(6)5(7)8;/h3-4,6H,1-2H3,(H,7,8);/q;+2. The second-order valence-corrected chi connectivity index (χ2v) is 2.03. The summed E-state index contributed by atoms with van der Waals surface area (Å²) >= 11 is 0. The Hall–Kier alpha value is 0.690. The first-order valence-electron chi connectivity index (χ1n) is 2.46. The second kappa shape index (κ2) is 5.47. The van der Waals surface area contributed by atoms with Crippen LogP contribution in [0, 0.1) is 5.92 Å². The molecule has 0 aromatic rings. The zero-order valence-electron chi connectivity index (χ0n) is 5.66. The Morgan fingerprint density at radius 3 is 1.78 bits per heavy atom. The SMILES string of the molecule is CC(C)C(O)C(=O)O.[Ca+2]. The Labute approximate surface area is 84.1 Å². The van der Waals surface area contributed by atoms with E-state index in [9.17, 15) is 4.79 Å². The van der Waals surface area contributed by atoms with E-state index >= 15 is 0 Å². The first-order valence-corrected chi connectivity index (χ1v) is 2.46. The number of aliphatic carboxylic acids is 1. The van der Waals surface area contributed by atoms with Gasteiger partial charge in [0.1, 0.15) is 0 Å². The Morgan fingerprint density at radius 1 is 1.44 bits per heavy atom. The average molecular weight is 158 g/mol. The van der Waals surface area contributed by atoms with Gasteiger partial charge in [0.2, 0.25) is 0 Å². The van der Waals surface area contributed by atoms with Gasteiger partial charge in [0, 0.05) is 0 Å². The summed E-state index contributed by atoms with van der Waals surface area (Å²) in [4.78, 5) is 9.89. The van der Waals surface area contributed by atoms with E-state index in [2.05, 4.69) is 0 Å². The molecule has 0 saturated carbocycles. The fourth-order valence-corrected chi connectivity index (χ4v) is 0.285. The van der Waals surface area contributed by atoms with Crippen molar-refractivity contribution in [2.24, 2.45) is 5.92 Å². The van der Waals surface area contributed by atoms with Crippen molar-refractivity contribution in [1.29, 1.82) is 0 Å². The molecule has 0 saturated heterocycles. The van der Waals surface area contributed by atoms with Crippen molar-refractivity contribution in [3.8, 4) is 0 Å². The molecule has 0 amide bonds. The van der Waals surface area contributed by atoms with E-state index in [1.807, 2.05) is 0 Å². The quantitative estimate of drug-likeness (QED) is 0.543. The minimum Gasteiger partial charge on any atom is -0.479 e. The molecule has 9 heavy (non-hydrogen) atoms. The van der Waals surface area contributed by atoms with Crippen molar-refractivity contribution in [2.45, 2.75) is 20.0 Å². The maximum atomic E-state index is 9.89. The van der Waals surface area contributed by atoms with Crippen molar-refractivity contribution in [3.05, 3.63) is 0 Å². The van der Waals surface area contributed by atoms with Crippen LogP contribution in [0.1, 0.15) is 13.8 Å². The zero-order valence-corrected chi connectivity index (χ0v) is 7.87. The third kappa shape index (κ3) is 5.15. The molecule has 1 atom stereocenters. The third-order valence-corrected chi connectivity index (χ3v) is 0.884. The Bertz CT molecular complexity index is 92.2. The first-order chi connectivity index (χ1) is 3.55. The van der Waals surface area contributed by atoms with Crippen LogP contribution in [0.5, 0.6) is 0 Å². The number of carboxylic acids is 1. The van der Waals surface area contributed by atoms with Gasteiger partial charge in [-0.3, -0.25) is 0 Å². The smallest absolute Gasteiger partial charge is 0.479 e. The molecular formula is C5H10CaO3+2. The van der Waals surface area contributed by atoms with E-state index in [0.717, 1.165) is 0 Å². The molecule has 0 aromatic carbocycles. The van der Waals surface area contributed by atoms with Crippen LogP contribution in [-0.4, -0.2) is 60.0 Å². The average Bonchev–Trinajstić information content (AvgIpc) is 1.64. The van der Waals surface area contributed by atoms with E-state index < -0.39 is 12.1 Å². The second-order valence-electron chi connectivity index (χ2n) is 2.03. The molecule has 1 unspecified atom stereocenters. The van der Waals surface area contributed by atoms with E-state index in [-0.39, 0.29) is 43.7 Å². The third-order valence-electron chi connectivity index (χ3n) is 0.884. The normalized spacial score (nSPS) is 12.4. The van der Waals surface area contributed by atoms with Gasteiger partial charge in [-0.15, -0.1) is 0 Å². The van der Waals surface area contributed by atoms with Crippen molar-refractivity contribution in [1.82, 2.24) is 0 Å². The molecule has 2 N–H and O–H groups in total. The summed E-state index contributed by atoms with van der Waals surface area (Å²) < 4.78 is 0. The largest absolute Gasteiger partial charge is 2.00 e. The van der Waals surface area contributed by atoms with Crippen molar-refractivity contribution >= 4 is 43.7 Å². The van der Waals surface area contributed by atoms with Gasteiger partial charge in [0.15, 0.2) is 6.10 Å². The molecular weight excluding hydrogens is 148 g/mol.